The largest absolute Gasteiger partial charge is 0.472 e. The van der Waals surface area contributed by atoms with Gasteiger partial charge in [-0.05, 0) is 44.4 Å². The summed E-state index contributed by atoms with van der Waals surface area (Å²) in [6, 6.07) is 9.62. The fourth-order valence-electron chi connectivity index (χ4n) is 3.55. The molecule has 33 heavy (non-hydrogen) atoms. The van der Waals surface area contributed by atoms with Crippen molar-refractivity contribution in [1.29, 1.82) is 0 Å². The second-order valence-corrected chi connectivity index (χ2v) is 8.73. The van der Waals surface area contributed by atoms with E-state index in [0.717, 1.165) is 45.7 Å². The molecule has 9 heteroatoms. The van der Waals surface area contributed by atoms with E-state index in [9.17, 15) is 4.79 Å². The van der Waals surface area contributed by atoms with Gasteiger partial charge in [-0.1, -0.05) is 0 Å². The van der Waals surface area contributed by atoms with Gasteiger partial charge < -0.3 is 14.6 Å². The number of aromatic nitrogens is 4. The summed E-state index contributed by atoms with van der Waals surface area (Å²) < 4.78 is 7.29. The number of nitrogens with one attached hydrogen (secondary N) is 1. The lowest BCUT2D eigenvalue weighted by Crippen LogP contribution is -2.19. The first kappa shape index (κ1) is 21.0. The molecule has 0 aliphatic carbocycles. The van der Waals surface area contributed by atoms with Gasteiger partial charge in [0, 0.05) is 52.1 Å². The van der Waals surface area contributed by atoms with Gasteiger partial charge in [-0.25, -0.2) is 4.98 Å². The Morgan fingerprint density at radius 1 is 1.18 bits per heavy atom. The zero-order chi connectivity index (χ0) is 22.8. The van der Waals surface area contributed by atoms with Gasteiger partial charge in [0.15, 0.2) is 0 Å². The van der Waals surface area contributed by atoms with E-state index in [1.807, 2.05) is 55.3 Å². The summed E-state index contributed by atoms with van der Waals surface area (Å²) in [5.74, 6) is -0.268. The zero-order valence-corrected chi connectivity index (χ0v) is 19.0. The maximum atomic E-state index is 13.1. The van der Waals surface area contributed by atoms with E-state index in [0.29, 0.717) is 11.4 Å². The molecule has 8 nitrogen and oxygen atoms in total. The minimum Gasteiger partial charge on any atom is -0.472 e. The summed E-state index contributed by atoms with van der Waals surface area (Å²) in [5.41, 5.74) is 4.72. The molecular weight excluding hydrogens is 436 g/mol. The van der Waals surface area contributed by atoms with Crippen molar-refractivity contribution >= 4 is 33.8 Å². The maximum Gasteiger partial charge on any atom is 0.275 e. The molecule has 0 unspecified atom stereocenters. The highest BCUT2D eigenvalue weighted by molar-refractivity contribution is 7.13. The van der Waals surface area contributed by atoms with Crippen LogP contribution >= 0.6 is 11.3 Å². The smallest absolute Gasteiger partial charge is 0.275 e. The Kier molecular flexibility index (Phi) is 5.72. The van der Waals surface area contributed by atoms with E-state index in [4.69, 9.17) is 4.42 Å². The fraction of sp³-hybridized carbons (Fsp3) is 0.167. The number of hydrogen-bond donors (Lipinski definition) is 1. The van der Waals surface area contributed by atoms with E-state index in [-0.39, 0.29) is 5.91 Å². The summed E-state index contributed by atoms with van der Waals surface area (Å²) in [4.78, 5) is 23.7. The van der Waals surface area contributed by atoms with Crippen LogP contribution in [0, 0.1) is 0 Å². The molecule has 0 fully saturated rings. The van der Waals surface area contributed by atoms with Crippen LogP contribution in [0.4, 0.5) is 5.69 Å². The normalized spacial score (nSPS) is 11.4. The lowest BCUT2D eigenvalue weighted by atomic mass is 10.0. The van der Waals surface area contributed by atoms with Crippen molar-refractivity contribution in [3.8, 4) is 21.7 Å². The lowest BCUT2D eigenvalue weighted by molar-refractivity contribution is 0.102. The molecule has 5 aromatic rings. The molecule has 0 atom stereocenters. The number of thiazole rings is 1. The van der Waals surface area contributed by atoms with Crippen molar-refractivity contribution in [2.45, 2.75) is 6.54 Å². The number of rotatable bonds is 7. The first-order valence-electron chi connectivity index (χ1n) is 10.4. The summed E-state index contributed by atoms with van der Waals surface area (Å²) >= 11 is 1.43. The summed E-state index contributed by atoms with van der Waals surface area (Å²) in [6.07, 6.45) is 8.53. The predicted molar refractivity (Wildman–Crippen MR) is 129 cm³/mol. The third-order valence-corrected chi connectivity index (χ3v) is 6.18. The van der Waals surface area contributed by atoms with E-state index >= 15 is 0 Å². The van der Waals surface area contributed by atoms with E-state index in [1.54, 1.807) is 30.3 Å². The number of hydrogen-bond acceptors (Lipinski definition) is 7. The van der Waals surface area contributed by atoms with Crippen molar-refractivity contribution in [1.82, 2.24) is 24.6 Å². The highest BCUT2D eigenvalue weighted by Gasteiger charge is 2.17. The molecule has 0 aliphatic heterocycles. The van der Waals surface area contributed by atoms with Gasteiger partial charge in [0.05, 0.1) is 30.8 Å². The van der Waals surface area contributed by atoms with Gasteiger partial charge in [0.25, 0.3) is 5.91 Å². The lowest BCUT2D eigenvalue weighted by Gasteiger charge is -2.13. The third-order valence-electron chi connectivity index (χ3n) is 5.28. The highest BCUT2D eigenvalue weighted by Crippen LogP contribution is 2.33. The SMILES string of the molecule is CN(C)CCn1ncc2cc(NC(=O)c3csc(-c4ccncc4)n3)c(-c3ccoc3)cc21. The molecule has 0 bridgehead atoms. The molecule has 0 saturated carbocycles. The Bertz CT molecular complexity index is 1390. The summed E-state index contributed by atoms with van der Waals surface area (Å²) in [7, 11) is 4.07. The van der Waals surface area contributed by atoms with Crippen molar-refractivity contribution in [2.75, 3.05) is 26.0 Å². The number of carbonyl (C=O) groups is 1. The standard InChI is InChI=1S/C24H22N6O2S/c1-29(2)8-9-30-22-12-19(17-5-10-32-14-17)20(11-18(22)13-26-30)27-23(31)21-15-33-24(28-21)16-3-6-25-7-4-16/h3-7,10-15H,8-9H2,1-2H3,(H,27,31). The first-order valence-corrected chi connectivity index (χ1v) is 11.3. The average Bonchev–Trinajstić information content (AvgIpc) is 3.58. The molecule has 1 N–H and O–H groups in total. The second-order valence-electron chi connectivity index (χ2n) is 7.87. The van der Waals surface area contributed by atoms with E-state index in [1.165, 1.54) is 11.3 Å². The maximum absolute atomic E-state index is 13.1. The first-order chi connectivity index (χ1) is 16.1. The zero-order valence-electron chi connectivity index (χ0n) is 18.2. The van der Waals surface area contributed by atoms with Gasteiger partial charge in [-0.2, -0.15) is 5.10 Å². The monoisotopic (exact) mass is 458 g/mol. The van der Waals surface area contributed by atoms with Crippen LogP contribution in [0.2, 0.25) is 0 Å². The minimum absolute atomic E-state index is 0.268. The number of furan rings is 1. The molecule has 1 amide bonds. The number of likely N-dealkylation sites (N-methyl/N-ethyl adjacent to an activating group) is 1. The van der Waals surface area contributed by atoms with Crippen molar-refractivity contribution in [2.24, 2.45) is 0 Å². The second kappa shape index (κ2) is 8.97. The number of pyridine rings is 1. The molecule has 0 saturated heterocycles. The van der Waals surface area contributed by atoms with Crippen LogP contribution in [0.1, 0.15) is 10.5 Å². The van der Waals surface area contributed by atoms with Gasteiger partial charge in [0.2, 0.25) is 0 Å². The molecule has 0 radical (unpaired) electrons. The Morgan fingerprint density at radius 2 is 2.03 bits per heavy atom. The molecule has 166 valence electrons. The molecule has 4 aromatic heterocycles. The Hall–Kier alpha value is -3.82. The van der Waals surface area contributed by atoms with Crippen LogP contribution in [-0.2, 0) is 6.54 Å². The Balaban J connectivity index is 1.48. The highest BCUT2D eigenvalue weighted by atomic mass is 32.1. The quantitative estimate of drug-likeness (QED) is 0.383. The summed E-state index contributed by atoms with van der Waals surface area (Å²) in [5, 5.41) is 11.1. The Labute approximate surface area is 194 Å². The number of fused-ring (bicyclic) bond motifs is 1. The number of amides is 1. The van der Waals surface area contributed by atoms with Gasteiger partial charge in [0.1, 0.15) is 10.7 Å². The van der Waals surface area contributed by atoms with Gasteiger partial charge in [-0.15, -0.1) is 11.3 Å². The molecular formula is C24H22N6O2S. The van der Waals surface area contributed by atoms with Crippen LogP contribution in [0.5, 0.6) is 0 Å². The minimum atomic E-state index is -0.268. The van der Waals surface area contributed by atoms with E-state index in [2.05, 4.69) is 25.3 Å². The van der Waals surface area contributed by atoms with Crippen molar-refractivity contribution in [3.63, 3.8) is 0 Å². The van der Waals surface area contributed by atoms with Crippen molar-refractivity contribution < 1.29 is 9.21 Å². The fourth-order valence-corrected chi connectivity index (χ4v) is 4.36. The molecule has 0 aliphatic rings. The van der Waals surface area contributed by atoms with Crippen molar-refractivity contribution in [3.05, 3.63) is 72.5 Å². The van der Waals surface area contributed by atoms with Crippen LogP contribution < -0.4 is 5.32 Å². The number of benzene rings is 1. The number of anilines is 1. The molecule has 1 aromatic carbocycles. The van der Waals surface area contributed by atoms with Gasteiger partial charge >= 0.3 is 0 Å². The van der Waals surface area contributed by atoms with Crippen LogP contribution in [-0.4, -0.2) is 51.2 Å². The molecule has 0 spiro atoms. The average molecular weight is 459 g/mol. The number of carbonyl (C=O) groups excluding carboxylic acids is 1. The molecule has 4 heterocycles. The Morgan fingerprint density at radius 3 is 2.79 bits per heavy atom. The number of nitrogens with zero attached hydrogens (tertiary/aromatic N) is 5. The topological polar surface area (TPSA) is 89.1 Å². The molecule has 5 rings (SSSR count). The van der Waals surface area contributed by atoms with Crippen LogP contribution in [0.25, 0.3) is 32.6 Å². The van der Waals surface area contributed by atoms with Crippen LogP contribution in [0.3, 0.4) is 0 Å². The van der Waals surface area contributed by atoms with Crippen LogP contribution in [0.15, 0.2) is 71.2 Å². The van der Waals surface area contributed by atoms with E-state index < -0.39 is 0 Å². The predicted octanol–water partition coefficient (Wildman–Crippen LogP) is 4.63. The summed E-state index contributed by atoms with van der Waals surface area (Å²) in [6.45, 7) is 1.64. The third kappa shape index (κ3) is 4.41. The van der Waals surface area contributed by atoms with Gasteiger partial charge in [-0.3, -0.25) is 14.5 Å².